The molecule has 3 aromatic rings. The molecule has 262 valence electrons. The molecule has 1 saturated heterocycles. The number of anilines is 2. The number of likely N-dealkylation sites (tertiary alicyclic amines) is 1. The van der Waals surface area contributed by atoms with Gasteiger partial charge in [-0.3, -0.25) is 14.3 Å². The van der Waals surface area contributed by atoms with Gasteiger partial charge in [0.1, 0.15) is 17.6 Å². The molecule has 0 bridgehead atoms. The first kappa shape index (κ1) is 35.4. The summed E-state index contributed by atoms with van der Waals surface area (Å²) in [6, 6.07) is 7.80. The van der Waals surface area contributed by atoms with Crippen LogP contribution >= 0.6 is 0 Å². The Morgan fingerprint density at radius 2 is 1.83 bits per heavy atom. The predicted octanol–water partition coefficient (Wildman–Crippen LogP) is 3.06. The zero-order valence-electron chi connectivity index (χ0n) is 28.3. The van der Waals surface area contributed by atoms with Crippen LogP contribution in [0.5, 0.6) is 0 Å². The standard InChI is InChI=1S/C34H53N11O3/c1-43(27-9-3-2-4-10-27)19-7-17-36-18-8-20-45-24-26(41-42-45)23-37-34-39-30-12-6-5-11-28(30)32(40-34)38-25-15-21-44(22-16-25)31(46)14-13-29(35)33(47)48/h5-6,11-12,24-25,27,29,36H,2-4,7-10,13-23,35H2,1H3,(H,47,48)(H2,37,38,39,40)/t29-/m0/s1. The third-order valence-corrected chi connectivity index (χ3v) is 9.60. The minimum atomic E-state index is -1.08. The second kappa shape index (κ2) is 18.0. The van der Waals surface area contributed by atoms with Crippen molar-refractivity contribution in [2.45, 2.75) is 102 Å². The Morgan fingerprint density at radius 3 is 2.62 bits per heavy atom. The minimum absolute atomic E-state index is 0.0545. The van der Waals surface area contributed by atoms with E-state index in [0.717, 1.165) is 73.9 Å². The summed E-state index contributed by atoms with van der Waals surface area (Å²) in [5.74, 6) is 0.116. The molecular weight excluding hydrogens is 610 g/mol. The smallest absolute Gasteiger partial charge is 0.320 e. The molecule has 3 heterocycles. The first-order valence-electron chi connectivity index (χ1n) is 17.7. The molecule has 48 heavy (non-hydrogen) atoms. The Kier molecular flexibility index (Phi) is 13.3. The third kappa shape index (κ3) is 10.6. The Bertz CT molecular complexity index is 1450. The molecule has 1 amide bonds. The number of benzene rings is 1. The molecule has 0 unspecified atom stereocenters. The van der Waals surface area contributed by atoms with E-state index in [0.29, 0.717) is 25.6 Å². The van der Waals surface area contributed by atoms with Gasteiger partial charge in [0.05, 0.1) is 18.3 Å². The largest absolute Gasteiger partial charge is 0.480 e. The van der Waals surface area contributed by atoms with Crippen molar-refractivity contribution in [2.24, 2.45) is 5.73 Å². The van der Waals surface area contributed by atoms with Crippen molar-refractivity contribution >= 4 is 34.5 Å². The number of piperidine rings is 1. The number of nitrogens with zero attached hydrogens (tertiary/aromatic N) is 7. The maximum atomic E-state index is 12.6. The number of carbonyl (C=O) groups excluding carboxylic acids is 1. The molecular formula is C34H53N11O3. The molecule has 14 nitrogen and oxygen atoms in total. The van der Waals surface area contributed by atoms with E-state index in [2.05, 4.69) is 38.2 Å². The van der Waals surface area contributed by atoms with E-state index in [4.69, 9.17) is 20.8 Å². The van der Waals surface area contributed by atoms with E-state index in [1.54, 1.807) is 4.90 Å². The number of para-hydroxylation sites is 1. The Morgan fingerprint density at radius 1 is 1.06 bits per heavy atom. The Labute approximate surface area is 283 Å². The monoisotopic (exact) mass is 663 g/mol. The molecule has 6 N–H and O–H groups in total. The van der Waals surface area contributed by atoms with Crippen LogP contribution in [0.15, 0.2) is 30.5 Å². The van der Waals surface area contributed by atoms with Crippen LogP contribution in [0.2, 0.25) is 0 Å². The summed E-state index contributed by atoms with van der Waals surface area (Å²) in [6.45, 7) is 5.60. The molecule has 0 spiro atoms. The third-order valence-electron chi connectivity index (χ3n) is 9.60. The molecule has 0 radical (unpaired) electrons. The highest BCUT2D eigenvalue weighted by Gasteiger charge is 2.25. The van der Waals surface area contributed by atoms with Gasteiger partial charge in [0.15, 0.2) is 0 Å². The van der Waals surface area contributed by atoms with Crippen LogP contribution in [0.25, 0.3) is 10.9 Å². The summed E-state index contributed by atoms with van der Waals surface area (Å²) < 4.78 is 1.89. The fourth-order valence-corrected chi connectivity index (χ4v) is 6.64. The lowest BCUT2D eigenvalue weighted by molar-refractivity contribution is -0.139. The van der Waals surface area contributed by atoms with Gasteiger partial charge < -0.3 is 36.6 Å². The van der Waals surface area contributed by atoms with Gasteiger partial charge in [-0.25, -0.2) is 4.98 Å². The molecule has 1 aliphatic carbocycles. The van der Waals surface area contributed by atoms with Gasteiger partial charge in [0.25, 0.3) is 0 Å². The van der Waals surface area contributed by atoms with Crippen molar-refractivity contribution in [3.8, 4) is 0 Å². The number of rotatable bonds is 18. The lowest BCUT2D eigenvalue weighted by atomic mass is 9.94. The lowest BCUT2D eigenvalue weighted by Gasteiger charge is -2.33. The lowest BCUT2D eigenvalue weighted by Crippen LogP contribution is -2.43. The normalized spacial score (nSPS) is 16.8. The van der Waals surface area contributed by atoms with E-state index in [9.17, 15) is 9.59 Å². The molecule has 1 aromatic carbocycles. The summed E-state index contributed by atoms with van der Waals surface area (Å²) in [5.41, 5.74) is 7.22. The van der Waals surface area contributed by atoms with Crippen LogP contribution < -0.4 is 21.7 Å². The van der Waals surface area contributed by atoms with Gasteiger partial charge >= 0.3 is 5.97 Å². The Hall–Kier alpha value is -3.88. The van der Waals surface area contributed by atoms with Gasteiger partial charge in [-0.1, -0.05) is 36.6 Å². The molecule has 5 rings (SSSR count). The molecule has 2 aromatic heterocycles. The number of hydrogen-bond acceptors (Lipinski definition) is 11. The fourth-order valence-electron chi connectivity index (χ4n) is 6.64. The maximum absolute atomic E-state index is 12.6. The second-order valence-corrected chi connectivity index (χ2v) is 13.3. The van der Waals surface area contributed by atoms with E-state index < -0.39 is 12.0 Å². The average molecular weight is 664 g/mol. The van der Waals surface area contributed by atoms with Crippen molar-refractivity contribution in [2.75, 3.05) is 50.4 Å². The number of aliphatic carboxylic acids is 1. The number of nitrogens with two attached hydrogens (primary N) is 1. The highest BCUT2D eigenvalue weighted by atomic mass is 16.4. The highest BCUT2D eigenvalue weighted by Crippen LogP contribution is 2.25. The van der Waals surface area contributed by atoms with Crippen LogP contribution in [-0.2, 0) is 22.7 Å². The minimum Gasteiger partial charge on any atom is -0.480 e. The maximum Gasteiger partial charge on any atom is 0.320 e. The van der Waals surface area contributed by atoms with Crippen LogP contribution in [0.1, 0.15) is 76.3 Å². The number of hydrogen-bond donors (Lipinski definition) is 5. The van der Waals surface area contributed by atoms with Crippen LogP contribution in [-0.4, -0.2) is 110 Å². The van der Waals surface area contributed by atoms with Gasteiger partial charge in [-0.15, -0.1) is 5.10 Å². The van der Waals surface area contributed by atoms with Gasteiger partial charge in [-0.05, 0) is 83.8 Å². The second-order valence-electron chi connectivity index (χ2n) is 13.3. The van der Waals surface area contributed by atoms with Crippen LogP contribution in [0, 0.1) is 0 Å². The SMILES string of the molecule is CN(CCCNCCCn1cc(CNc2nc(NC3CCN(C(=O)CC[C@H](N)C(=O)O)CC3)c3ccccc3n2)nn1)C1CCCCC1. The quantitative estimate of drug-likeness (QED) is 0.126. The number of carboxylic acids is 1. The molecule has 14 heteroatoms. The van der Waals surface area contributed by atoms with E-state index in [1.165, 1.54) is 38.5 Å². The first-order valence-corrected chi connectivity index (χ1v) is 17.7. The van der Waals surface area contributed by atoms with Gasteiger partial charge in [0, 0.05) is 43.5 Å². The zero-order valence-corrected chi connectivity index (χ0v) is 28.3. The average Bonchev–Trinajstić information content (AvgIpc) is 3.57. The van der Waals surface area contributed by atoms with Crippen molar-refractivity contribution in [1.29, 1.82) is 0 Å². The van der Waals surface area contributed by atoms with Crippen LogP contribution in [0.4, 0.5) is 11.8 Å². The number of fused-ring (bicyclic) bond motifs is 1. The molecule has 1 aliphatic heterocycles. The molecule has 1 saturated carbocycles. The molecule has 2 aliphatic rings. The fraction of sp³-hybridized carbons (Fsp3) is 0.647. The highest BCUT2D eigenvalue weighted by molar-refractivity contribution is 5.90. The van der Waals surface area contributed by atoms with Gasteiger partial charge in [-0.2, -0.15) is 4.98 Å². The molecule has 1 atom stereocenters. The number of aromatic nitrogens is 5. The van der Waals surface area contributed by atoms with Crippen molar-refractivity contribution < 1.29 is 14.7 Å². The number of nitrogens with one attached hydrogen (secondary N) is 3. The first-order chi connectivity index (χ1) is 23.4. The van der Waals surface area contributed by atoms with Crippen molar-refractivity contribution in [3.63, 3.8) is 0 Å². The summed E-state index contributed by atoms with van der Waals surface area (Å²) in [4.78, 5) is 37.4. The summed E-state index contributed by atoms with van der Waals surface area (Å²) in [7, 11) is 2.28. The summed E-state index contributed by atoms with van der Waals surface area (Å²) in [6.07, 6.45) is 12.8. The number of carbonyl (C=O) groups is 2. The summed E-state index contributed by atoms with van der Waals surface area (Å²) in [5, 5.41) is 29.0. The number of aryl methyl sites for hydroxylation is 1. The van der Waals surface area contributed by atoms with Crippen molar-refractivity contribution in [3.05, 3.63) is 36.2 Å². The van der Waals surface area contributed by atoms with Gasteiger partial charge in [0.2, 0.25) is 11.9 Å². The predicted molar refractivity (Wildman–Crippen MR) is 187 cm³/mol. The van der Waals surface area contributed by atoms with Crippen LogP contribution in [0.3, 0.4) is 0 Å². The van der Waals surface area contributed by atoms with E-state index >= 15 is 0 Å². The number of carboxylic acid groups (broad SMARTS) is 1. The summed E-state index contributed by atoms with van der Waals surface area (Å²) >= 11 is 0. The topological polar surface area (TPSA) is 179 Å². The van der Waals surface area contributed by atoms with Crippen molar-refractivity contribution in [1.82, 2.24) is 40.1 Å². The zero-order chi connectivity index (χ0) is 33.7. The molecule has 2 fully saturated rings. The van der Waals surface area contributed by atoms with E-state index in [1.807, 2.05) is 35.1 Å². The van der Waals surface area contributed by atoms with E-state index in [-0.39, 0.29) is 24.8 Å². The number of amides is 1. The Balaban J connectivity index is 1.04.